The number of pyridine rings is 1. The Bertz CT molecular complexity index is 1100. The number of amides is 1. The lowest BCUT2D eigenvalue weighted by Gasteiger charge is -2.33. The molecule has 1 atom stereocenters. The average Bonchev–Trinajstić information content (AvgIpc) is 3.24. The van der Waals surface area contributed by atoms with E-state index in [1.165, 1.54) is 12.1 Å². The van der Waals surface area contributed by atoms with Gasteiger partial charge in [0.15, 0.2) is 6.61 Å². The van der Waals surface area contributed by atoms with Crippen molar-refractivity contribution in [2.45, 2.75) is 5.79 Å². The largest absolute Gasteiger partial charge is 0.452 e. The van der Waals surface area contributed by atoms with Gasteiger partial charge in [0.05, 0.1) is 11.3 Å². The molecule has 0 saturated heterocycles. The summed E-state index contributed by atoms with van der Waals surface area (Å²) in [6, 6.07) is 17.7. The summed E-state index contributed by atoms with van der Waals surface area (Å²) in [6.45, 7) is -0.482. The summed E-state index contributed by atoms with van der Waals surface area (Å²) in [5.41, 5.74) is 2.46. The van der Waals surface area contributed by atoms with Crippen molar-refractivity contribution in [1.29, 1.82) is 0 Å². The zero-order valence-electron chi connectivity index (χ0n) is 16.3. The molecular formula is C23H19FN4O3. The first kappa shape index (κ1) is 20.1. The number of hydrogen-bond donors (Lipinski definition) is 3. The monoisotopic (exact) mass is 418 g/mol. The summed E-state index contributed by atoms with van der Waals surface area (Å²) in [6.07, 6.45) is 5.00. The van der Waals surface area contributed by atoms with E-state index in [1.54, 1.807) is 61.1 Å². The maximum absolute atomic E-state index is 13.5. The molecule has 3 aromatic rings. The zero-order chi connectivity index (χ0) is 21.7. The zero-order valence-corrected chi connectivity index (χ0v) is 16.3. The molecule has 7 nitrogen and oxygen atoms in total. The summed E-state index contributed by atoms with van der Waals surface area (Å²) in [5, 5.41) is 9.16. The quantitative estimate of drug-likeness (QED) is 0.533. The topological polar surface area (TPSA) is 92.4 Å². The highest BCUT2D eigenvalue weighted by Crippen LogP contribution is 2.26. The van der Waals surface area contributed by atoms with Gasteiger partial charge in [0.1, 0.15) is 5.82 Å². The van der Waals surface area contributed by atoms with Gasteiger partial charge < -0.3 is 20.7 Å². The third-order valence-electron chi connectivity index (χ3n) is 4.69. The molecule has 156 valence electrons. The fourth-order valence-electron chi connectivity index (χ4n) is 3.17. The van der Waals surface area contributed by atoms with Gasteiger partial charge in [-0.15, -0.1) is 0 Å². The summed E-state index contributed by atoms with van der Waals surface area (Å²) in [5.74, 6) is -2.79. The summed E-state index contributed by atoms with van der Waals surface area (Å²) >= 11 is 0. The van der Waals surface area contributed by atoms with E-state index in [2.05, 4.69) is 20.9 Å². The van der Waals surface area contributed by atoms with E-state index in [9.17, 15) is 14.0 Å². The van der Waals surface area contributed by atoms with Crippen molar-refractivity contribution in [3.8, 4) is 0 Å². The van der Waals surface area contributed by atoms with Gasteiger partial charge >= 0.3 is 5.97 Å². The van der Waals surface area contributed by atoms with Crippen LogP contribution in [-0.2, 0) is 15.3 Å². The van der Waals surface area contributed by atoms with E-state index in [4.69, 9.17) is 4.74 Å². The van der Waals surface area contributed by atoms with Crippen LogP contribution in [0.4, 0.5) is 4.39 Å². The van der Waals surface area contributed by atoms with Gasteiger partial charge in [-0.2, -0.15) is 0 Å². The number of nitrogens with zero attached hydrogens (tertiary/aromatic N) is 1. The number of carbonyl (C=O) groups excluding carboxylic acids is 2. The van der Waals surface area contributed by atoms with Crippen molar-refractivity contribution >= 4 is 17.6 Å². The van der Waals surface area contributed by atoms with Gasteiger partial charge in [-0.05, 0) is 48.5 Å². The number of nitrogens with one attached hydrogen (secondary N) is 3. The highest BCUT2D eigenvalue weighted by Gasteiger charge is 2.38. The third kappa shape index (κ3) is 4.53. The third-order valence-corrected chi connectivity index (χ3v) is 4.69. The first-order valence-electron chi connectivity index (χ1n) is 9.51. The molecule has 2 heterocycles. The molecule has 0 saturated carbocycles. The minimum atomic E-state index is -1.25. The van der Waals surface area contributed by atoms with Gasteiger partial charge in [-0.1, -0.05) is 18.2 Å². The second-order valence-electron chi connectivity index (χ2n) is 6.81. The van der Waals surface area contributed by atoms with Crippen molar-refractivity contribution in [1.82, 2.24) is 20.9 Å². The molecule has 0 aliphatic carbocycles. The van der Waals surface area contributed by atoms with Crippen molar-refractivity contribution in [3.05, 3.63) is 108 Å². The smallest absolute Gasteiger partial charge is 0.338 e. The SMILES string of the molecule is O=C(COC(=O)c1ccccc1)NC1(c2ccc(F)cc2)NC=C(c2ccncc2)N1. The summed E-state index contributed by atoms with van der Waals surface area (Å²) < 4.78 is 18.6. The molecule has 1 aromatic heterocycles. The molecule has 8 heteroatoms. The van der Waals surface area contributed by atoms with Crippen molar-refractivity contribution < 1.29 is 18.7 Å². The van der Waals surface area contributed by atoms with Crippen LogP contribution in [0.2, 0.25) is 0 Å². The van der Waals surface area contributed by atoms with E-state index in [1.807, 2.05) is 12.1 Å². The normalized spacial score (nSPS) is 17.1. The standard InChI is InChI=1S/C23H19FN4O3/c24-19-8-6-18(7-9-19)23(26-14-20(27-23)16-10-12-25-13-11-16)28-21(29)15-31-22(30)17-4-2-1-3-5-17/h1-14,26-27H,15H2,(H,28,29). The Morgan fingerprint density at radius 3 is 2.42 bits per heavy atom. The predicted molar refractivity (Wildman–Crippen MR) is 111 cm³/mol. The Balaban J connectivity index is 1.50. The number of ether oxygens (including phenoxy) is 1. The maximum Gasteiger partial charge on any atom is 0.338 e. The van der Waals surface area contributed by atoms with Crippen LogP contribution in [-0.4, -0.2) is 23.5 Å². The lowest BCUT2D eigenvalue weighted by Crippen LogP contribution is -2.60. The lowest BCUT2D eigenvalue weighted by atomic mass is 10.1. The highest BCUT2D eigenvalue weighted by molar-refractivity contribution is 5.91. The van der Waals surface area contributed by atoms with Crippen LogP contribution < -0.4 is 16.0 Å². The second kappa shape index (κ2) is 8.66. The molecule has 2 aromatic carbocycles. The van der Waals surface area contributed by atoms with Crippen molar-refractivity contribution in [2.75, 3.05) is 6.61 Å². The van der Waals surface area contributed by atoms with Gasteiger partial charge in [-0.3, -0.25) is 9.78 Å². The number of carbonyl (C=O) groups is 2. The molecule has 0 spiro atoms. The van der Waals surface area contributed by atoms with Crippen LogP contribution in [0.5, 0.6) is 0 Å². The minimum absolute atomic E-state index is 0.349. The summed E-state index contributed by atoms with van der Waals surface area (Å²) in [7, 11) is 0. The van der Waals surface area contributed by atoms with Crippen LogP contribution in [0.1, 0.15) is 21.5 Å². The van der Waals surface area contributed by atoms with Crippen LogP contribution in [0, 0.1) is 5.82 Å². The minimum Gasteiger partial charge on any atom is -0.452 e. The average molecular weight is 418 g/mol. The molecule has 0 fully saturated rings. The van der Waals surface area contributed by atoms with E-state index < -0.39 is 30.1 Å². The Kier molecular flexibility index (Phi) is 5.61. The van der Waals surface area contributed by atoms with Crippen LogP contribution >= 0.6 is 0 Å². The first-order valence-corrected chi connectivity index (χ1v) is 9.51. The highest BCUT2D eigenvalue weighted by atomic mass is 19.1. The molecule has 0 bridgehead atoms. The van der Waals surface area contributed by atoms with E-state index in [-0.39, 0.29) is 0 Å². The number of rotatable bonds is 6. The van der Waals surface area contributed by atoms with Crippen molar-refractivity contribution in [2.24, 2.45) is 0 Å². The lowest BCUT2D eigenvalue weighted by molar-refractivity contribution is -0.126. The summed E-state index contributed by atoms with van der Waals surface area (Å²) in [4.78, 5) is 28.8. The second-order valence-corrected chi connectivity index (χ2v) is 6.81. The van der Waals surface area contributed by atoms with Crippen molar-refractivity contribution in [3.63, 3.8) is 0 Å². The van der Waals surface area contributed by atoms with Gasteiger partial charge in [0.2, 0.25) is 5.79 Å². The molecule has 31 heavy (non-hydrogen) atoms. The maximum atomic E-state index is 13.5. The van der Waals surface area contributed by atoms with Crippen LogP contribution in [0.3, 0.4) is 0 Å². The van der Waals surface area contributed by atoms with Crippen LogP contribution in [0.25, 0.3) is 5.70 Å². The molecule has 1 unspecified atom stereocenters. The first-order chi connectivity index (χ1) is 15.1. The van der Waals surface area contributed by atoms with E-state index >= 15 is 0 Å². The fourth-order valence-corrected chi connectivity index (χ4v) is 3.17. The van der Waals surface area contributed by atoms with Gasteiger partial charge in [-0.25, -0.2) is 9.18 Å². The van der Waals surface area contributed by atoms with E-state index in [0.29, 0.717) is 16.8 Å². The molecular weight excluding hydrogens is 399 g/mol. The Morgan fingerprint density at radius 2 is 1.71 bits per heavy atom. The van der Waals surface area contributed by atoms with Gasteiger partial charge in [0, 0.05) is 29.7 Å². The Hall–Kier alpha value is -4.20. The molecule has 1 aliphatic rings. The van der Waals surface area contributed by atoms with Crippen LogP contribution in [0.15, 0.2) is 85.3 Å². The molecule has 4 rings (SSSR count). The number of benzene rings is 2. The number of hydrogen-bond acceptors (Lipinski definition) is 6. The van der Waals surface area contributed by atoms with Gasteiger partial charge in [0.25, 0.3) is 5.91 Å². The van der Waals surface area contributed by atoms with E-state index in [0.717, 1.165) is 5.56 Å². The number of aromatic nitrogens is 1. The molecule has 3 N–H and O–H groups in total. The molecule has 1 aliphatic heterocycles. The number of halogens is 1. The Morgan fingerprint density at radius 1 is 1.00 bits per heavy atom. The number of esters is 1. The fraction of sp³-hybridized carbons (Fsp3) is 0.0870. The molecule has 1 amide bonds. The predicted octanol–water partition coefficient (Wildman–Crippen LogP) is 2.50. The Labute approximate surface area is 178 Å². The molecule has 0 radical (unpaired) electrons.